The molecule has 6 nitrogen and oxygen atoms in total. The number of hydrogen-bond donors (Lipinski definition) is 3. The molecule has 0 aliphatic carbocycles. The van der Waals surface area contributed by atoms with E-state index < -0.39 is 6.10 Å². The summed E-state index contributed by atoms with van der Waals surface area (Å²) in [7, 11) is 0. The SMILES string of the molecule is CCCC(C)NC(=O)C1CCCN(C(=O)C2CC(O)CN2)C1. The van der Waals surface area contributed by atoms with Gasteiger partial charge in [0.05, 0.1) is 18.1 Å². The second-order valence-corrected chi connectivity index (χ2v) is 6.67. The van der Waals surface area contributed by atoms with Gasteiger partial charge in [-0.1, -0.05) is 13.3 Å². The number of aliphatic hydroxyl groups excluding tert-OH is 1. The van der Waals surface area contributed by atoms with Crippen molar-refractivity contribution in [1.29, 1.82) is 0 Å². The molecule has 0 aromatic rings. The second-order valence-electron chi connectivity index (χ2n) is 6.67. The summed E-state index contributed by atoms with van der Waals surface area (Å²) < 4.78 is 0. The number of carbonyl (C=O) groups is 2. The number of hydrogen-bond acceptors (Lipinski definition) is 4. The van der Waals surface area contributed by atoms with Crippen LogP contribution in [0.3, 0.4) is 0 Å². The molecule has 2 aliphatic rings. The molecular weight excluding hydrogens is 282 g/mol. The third-order valence-electron chi connectivity index (χ3n) is 4.62. The number of carbonyl (C=O) groups excluding carboxylic acids is 2. The van der Waals surface area contributed by atoms with Crippen LogP contribution in [0.5, 0.6) is 0 Å². The lowest BCUT2D eigenvalue weighted by atomic mass is 9.96. The summed E-state index contributed by atoms with van der Waals surface area (Å²) in [5, 5.41) is 15.6. The van der Waals surface area contributed by atoms with Gasteiger partial charge >= 0.3 is 0 Å². The van der Waals surface area contributed by atoms with Crippen LogP contribution in [0.25, 0.3) is 0 Å². The molecule has 4 unspecified atom stereocenters. The zero-order valence-electron chi connectivity index (χ0n) is 13.7. The van der Waals surface area contributed by atoms with E-state index in [0.29, 0.717) is 26.1 Å². The van der Waals surface area contributed by atoms with Crippen molar-refractivity contribution in [2.24, 2.45) is 5.92 Å². The van der Waals surface area contributed by atoms with E-state index in [4.69, 9.17) is 0 Å². The summed E-state index contributed by atoms with van der Waals surface area (Å²) in [4.78, 5) is 26.6. The van der Waals surface area contributed by atoms with Crippen LogP contribution in [0.4, 0.5) is 0 Å². The molecule has 0 spiro atoms. The van der Waals surface area contributed by atoms with Crippen molar-refractivity contribution in [2.45, 2.75) is 64.1 Å². The summed E-state index contributed by atoms with van der Waals surface area (Å²) in [6.07, 6.45) is 3.76. The highest BCUT2D eigenvalue weighted by Gasteiger charge is 2.35. The largest absolute Gasteiger partial charge is 0.392 e. The summed E-state index contributed by atoms with van der Waals surface area (Å²) in [6.45, 7) is 5.81. The molecule has 2 saturated heterocycles. The molecule has 126 valence electrons. The smallest absolute Gasteiger partial charge is 0.239 e. The zero-order valence-corrected chi connectivity index (χ0v) is 13.7. The molecule has 2 rings (SSSR count). The van der Waals surface area contributed by atoms with Crippen LogP contribution in [-0.4, -0.2) is 59.6 Å². The Morgan fingerprint density at radius 1 is 1.45 bits per heavy atom. The van der Waals surface area contributed by atoms with Gasteiger partial charge in [-0.2, -0.15) is 0 Å². The maximum atomic E-state index is 12.5. The fourth-order valence-electron chi connectivity index (χ4n) is 3.38. The molecule has 2 fully saturated rings. The highest BCUT2D eigenvalue weighted by molar-refractivity contribution is 5.84. The maximum absolute atomic E-state index is 12.5. The van der Waals surface area contributed by atoms with Gasteiger partial charge in [-0.15, -0.1) is 0 Å². The molecule has 0 bridgehead atoms. The predicted molar refractivity (Wildman–Crippen MR) is 84.2 cm³/mol. The van der Waals surface area contributed by atoms with E-state index in [2.05, 4.69) is 17.6 Å². The van der Waals surface area contributed by atoms with Gasteiger partial charge in [0, 0.05) is 25.7 Å². The highest BCUT2D eigenvalue weighted by atomic mass is 16.3. The van der Waals surface area contributed by atoms with E-state index in [-0.39, 0.29) is 29.8 Å². The van der Waals surface area contributed by atoms with E-state index in [1.165, 1.54) is 0 Å². The van der Waals surface area contributed by atoms with Crippen LogP contribution in [0.1, 0.15) is 46.0 Å². The van der Waals surface area contributed by atoms with Crippen molar-refractivity contribution in [2.75, 3.05) is 19.6 Å². The Morgan fingerprint density at radius 3 is 2.86 bits per heavy atom. The number of nitrogens with one attached hydrogen (secondary N) is 2. The molecule has 2 heterocycles. The minimum absolute atomic E-state index is 0.0238. The first-order valence-electron chi connectivity index (χ1n) is 8.51. The van der Waals surface area contributed by atoms with Crippen LogP contribution in [0.2, 0.25) is 0 Å². The molecule has 0 radical (unpaired) electrons. The number of nitrogens with zero attached hydrogens (tertiary/aromatic N) is 1. The van der Waals surface area contributed by atoms with Crippen LogP contribution in [-0.2, 0) is 9.59 Å². The molecule has 2 aliphatic heterocycles. The monoisotopic (exact) mass is 311 g/mol. The van der Waals surface area contributed by atoms with Gasteiger partial charge in [-0.05, 0) is 32.6 Å². The standard InChI is InChI=1S/C16H29N3O3/c1-3-5-11(2)18-15(21)12-6-4-7-19(10-12)16(22)14-8-13(20)9-17-14/h11-14,17,20H,3-10H2,1-2H3,(H,18,21). The fourth-order valence-corrected chi connectivity index (χ4v) is 3.38. The Morgan fingerprint density at radius 2 is 2.23 bits per heavy atom. The van der Waals surface area contributed by atoms with Gasteiger partial charge in [0.2, 0.25) is 11.8 Å². The lowest BCUT2D eigenvalue weighted by Crippen LogP contribution is -2.51. The first kappa shape index (κ1) is 17.2. The van der Waals surface area contributed by atoms with Crippen molar-refractivity contribution in [3.05, 3.63) is 0 Å². The van der Waals surface area contributed by atoms with E-state index >= 15 is 0 Å². The zero-order chi connectivity index (χ0) is 16.1. The summed E-state index contributed by atoms with van der Waals surface area (Å²) in [6, 6.07) is -0.106. The first-order valence-corrected chi connectivity index (χ1v) is 8.51. The molecule has 0 aromatic carbocycles. The molecule has 4 atom stereocenters. The number of β-amino-alcohol motifs (C(OH)–C–C–N with tert-alkyl or cyclic N) is 1. The number of amides is 2. The number of likely N-dealkylation sites (tertiary alicyclic amines) is 1. The van der Waals surface area contributed by atoms with Crippen LogP contribution < -0.4 is 10.6 Å². The third kappa shape index (κ3) is 4.43. The van der Waals surface area contributed by atoms with Gasteiger partial charge in [-0.25, -0.2) is 0 Å². The number of aliphatic hydroxyl groups is 1. The van der Waals surface area contributed by atoms with Crippen LogP contribution in [0, 0.1) is 5.92 Å². The Balaban J connectivity index is 1.85. The average Bonchev–Trinajstić information content (AvgIpc) is 2.93. The van der Waals surface area contributed by atoms with E-state index in [1.54, 1.807) is 4.90 Å². The van der Waals surface area contributed by atoms with Gasteiger partial charge in [-0.3, -0.25) is 9.59 Å². The Hall–Kier alpha value is -1.14. The van der Waals surface area contributed by atoms with Crippen LogP contribution in [0.15, 0.2) is 0 Å². The van der Waals surface area contributed by atoms with Crippen molar-refractivity contribution in [3.63, 3.8) is 0 Å². The fraction of sp³-hybridized carbons (Fsp3) is 0.875. The molecular formula is C16H29N3O3. The Kier molecular flexibility index (Phi) is 6.20. The summed E-state index contributed by atoms with van der Waals surface area (Å²) >= 11 is 0. The second kappa shape index (κ2) is 7.92. The van der Waals surface area contributed by atoms with Crippen molar-refractivity contribution in [3.8, 4) is 0 Å². The molecule has 22 heavy (non-hydrogen) atoms. The minimum atomic E-state index is -0.437. The third-order valence-corrected chi connectivity index (χ3v) is 4.62. The van der Waals surface area contributed by atoms with E-state index in [0.717, 1.165) is 25.7 Å². The van der Waals surface area contributed by atoms with Crippen molar-refractivity contribution in [1.82, 2.24) is 15.5 Å². The predicted octanol–water partition coefficient (Wildman–Crippen LogP) is 0.253. The first-order chi connectivity index (χ1) is 10.5. The molecule has 2 amide bonds. The number of piperidine rings is 1. The van der Waals surface area contributed by atoms with E-state index in [1.807, 2.05) is 6.92 Å². The minimum Gasteiger partial charge on any atom is -0.392 e. The highest BCUT2D eigenvalue weighted by Crippen LogP contribution is 2.19. The number of rotatable bonds is 5. The molecule has 0 aromatic heterocycles. The van der Waals surface area contributed by atoms with Crippen molar-refractivity contribution >= 4 is 11.8 Å². The molecule has 6 heteroatoms. The molecule has 0 saturated carbocycles. The summed E-state index contributed by atoms with van der Waals surface area (Å²) in [5.41, 5.74) is 0. The maximum Gasteiger partial charge on any atom is 0.239 e. The Bertz CT molecular complexity index is 402. The Labute approximate surface area is 132 Å². The lowest BCUT2D eigenvalue weighted by Gasteiger charge is -2.34. The van der Waals surface area contributed by atoms with Gasteiger partial charge in [0.1, 0.15) is 0 Å². The van der Waals surface area contributed by atoms with E-state index in [9.17, 15) is 14.7 Å². The average molecular weight is 311 g/mol. The normalized spacial score (nSPS) is 30.1. The quantitative estimate of drug-likeness (QED) is 0.680. The van der Waals surface area contributed by atoms with Gasteiger partial charge < -0.3 is 20.6 Å². The topological polar surface area (TPSA) is 81.7 Å². The lowest BCUT2D eigenvalue weighted by molar-refractivity contribution is -0.137. The van der Waals surface area contributed by atoms with Crippen molar-refractivity contribution < 1.29 is 14.7 Å². The van der Waals surface area contributed by atoms with Gasteiger partial charge in [0.15, 0.2) is 0 Å². The van der Waals surface area contributed by atoms with Crippen LogP contribution >= 0.6 is 0 Å². The summed E-state index contributed by atoms with van der Waals surface area (Å²) in [5.74, 6) is -0.0168. The van der Waals surface area contributed by atoms with Gasteiger partial charge in [0.25, 0.3) is 0 Å². The molecule has 3 N–H and O–H groups in total.